The Kier molecular flexibility index (Phi) is 4.52. The van der Waals surface area contributed by atoms with Crippen LogP contribution in [0.5, 0.6) is 0 Å². The van der Waals surface area contributed by atoms with Crippen LogP contribution in [0, 0.1) is 0 Å². The normalized spacial score (nSPS) is 18.8. The van der Waals surface area contributed by atoms with Crippen molar-refractivity contribution in [1.82, 2.24) is 0 Å². The van der Waals surface area contributed by atoms with Crippen LogP contribution in [-0.4, -0.2) is 38.9 Å². The van der Waals surface area contributed by atoms with E-state index in [-0.39, 0.29) is 31.5 Å². The zero-order valence-electron chi connectivity index (χ0n) is 20.6. The third-order valence-corrected chi connectivity index (χ3v) is 16.2. The summed E-state index contributed by atoms with van der Waals surface area (Å²) in [6.45, 7) is 4.63. The maximum absolute atomic E-state index is 13.1. The molecule has 0 unspecified atom stereocenters. The molecule has 3 nitrogen and oxygen atoms in total. The Morgan fingerprint density at radius 1 is 0.806 bits per heavy atom. The van der Waals surface area contributed by atoms with E-state index in [4.69, 9.17) is 0 Å². The summed E-state index contributed by atoms with van der Waals surface area (Å²) in [6, 6.07) is 25.2. The molecule has 0 saturated heterocycles. The molecule has 36 heavy (non-hydrogen) atoms. The van der Waals surface area contributed by atoms with E-state index in [9.17, 15) is 9.59 Å². The fraction of sp³-hybridized carbons (Fsp3) is 0.161. The molecule has 3 heterocycles. The van der Waals surface area contributed by atoms with E-state index in [1.54, 1.807) is 12.1 Å². The maximum atomic E-state index is 13.1. The minimum atomic E-state index is -2.09. The van der Waals surface area contributed by atoms with Crippen molar-refractivity contribution in [3.8, 4) is 0 Å². The summed E-state index contributed by atoms with van der Waals surface area (Å²) in [5.41, 5.74) is 6.51. The molecule has 0 saturated carbocycles. The second-order valence-corrected chi connectivity index (χ2v) is 20.2. The molecule has 0 spiro atoms. The zero-order valence-corrected chi connectivity index (χ0v) is 24.0. The summed E-state index contributed by atoms with van der Waals surface area (Å²) >= 11 is -2.12. The molecule has 5 heteroatoms. The number of anilines is 3. The van der Waals surface area contributed by atoms with Gasteiger partial charge in [-0.1, -0.05) is 0 Å². The monoisotopic (exact) mass is 603 g/mol. The van der Waals surface area contributed by atoms with E-state index in [0.717, 1.165) is 4.44 Å². The Bertz CT molecular complexity index is 1650. The molecular weight excluding hydrogens is 576 g/mol. The summed E-state index contributed by atoms with van der Waals surface area (Å²) in [7, 11) is 0. The van der Waals surface area contributed by atoms with E-state index in [1.807, 2.05) is 18.2 Å². The SMILES string of the molecule is CC1(C)c2cc(C=C3C(=O)c4ccccc4C3=O)[se]c2N2c3ccccc3[Se](C)(C)c3cccc1c32. The van der Waals surface area contributed by atoms with E-state index < -0.39 is 12.8 Å². The van der Waals surface area contributed by atoms with Gasteiger partial charge in [-0.2, -0.15) is 0 Å². The van der Waals surface area contributed by atoms with Crippen molar-refractivity contribution in [3.63, 3.8) is 0 Å². The van der Waals surface area contributed by atoms with Crippen molar-refractivity contribution in [2.24, 2.45) is 0 Å². The van der Waals surface area contributed by atoms with Crippen LogP contribution in [0.15, 0.2) is 78.4 Å². The summed E-state index contributed by atoms with van der Waals surface area (Å²) in [5, 5.41) is 0. The van der Waals surface area contributed by atoms with Gasteiger partial charge in [0.25, 0.3) is 0 Å². The average Bonchev–Trinajstić information content (AvgIpc) is 3.40. The van der Waals surface area contributed by atoms with Crippen LogP contribution in [-0.2, 0) is 5.41 Å². The van der Waals surface area contributed by atoms with Crippen molar-refractivity contribution in [2.45, 2.75) is 30.9 Å². The quantitative estimate of drug-likeness (QED) is 0.166. The number of carbonyl (C=O) groups excluding carboxylic acids is 2. The number of nitrogens with zero attached hydrogens (tertiary/aromatic N) is 1. The Morgan fingerprint density at radius 2 is 1.44 bits per heavy atom. The Balaban J connectivity index is 1.46. The molecule has 1 aliphatic carbocycles. The van der Waals surface area contributed by atoms with Crippen molar-refractivity contribution in [1.29, 1.82) is 0 Å². The van der Waals surface area contributed by atoms with Gasteiger partial charge < -0.3 is 0 Å². The first-order valence-electron chi connectivity index (χ1n) is 12.0. The number of fused-ring (bicyclic) bond motifs is 5. The Hall–Kier alpha value is -2.94. The number of hydrogen-bond donors (Lipinski definition) is 0. The molecule has 0 N–H and O–H groups in total. The molecule has 7 rings (SSSR count). The van der Waals surface area contributed by atoms with Crippen LogP contribution in [0.4, 0.5) is 15.9 Å². The molecule has 0 radical (unpaired) electrons. The molecule has 2 aliphatic heterocycles. The molecular formula is C31H25NO2Se2. The zero-order chi connectivity index (χ0) is 25.0. The first kappa shape index (κ1) is 22.3. The van der Waals surface area contributed by atoms with Crippen molar-refractivity contribution < 1.29 is 9.59 Å². The number of rotatable bonds is 1. The molecule has 3 aliphatic rings. The van der Waals surface area contributed by atoms with Gasteiger partial charge in [0.2, 0.25) is 0 Å². The van der Waals surface area contributed by atoms with Gasteiger partial charge in [0.05, 0.1) is 0 Å². The van der Waals surface area contributed by atoms with E-state index in [2.05, 4.69) is 78.9 Å². The number of para-hydroxylation sites is 2. The number of hydrogen-bond acceptors (Lipinski definition) is 3. The van der Waals surface area contributed by atoms with Crippen LogP contribution in [0.2, 0.25) is 11.6 Å². The topological polar surface area (TPSA) is 37.4 Å². The fourth-order valence-electron chi connectivity index (χ4n) is 5.97. The van der Waals surface area contributed by atoms with Gasteiger partial charge in [-0.3, -0.25) is 0 Å². The third-order valence-electron chi connectivity index (χ3n) is 7.90. The Morgan fingerprint density at radius 3 is 2.17 bits per heavy atom. The number of Topliss-reactive ketones (excluding diaryl/α,β-unsaturated/α-hetero) is 2. The number of ketones is 2. The van der Waals surface area contributed by atoms with Gasteiger partial charge in [0, 0.05) is 0 Å². The second-order valence-electron chi connectivity index (χ2n) is 10.5. The first-order chi connectivity index (χ1) is 17.2. The van der Waals surface area contributed by atoms with Gasteiger partial charge in [-0.05, 0) is 0 Å². The average molecular weight is 601 g/mol. The van der Waals surface area contributed by atoms with E-state index in [0.29, 0.717) is 16.7 Å². The molecule has 3 aromatic carbocycles. The van der Waals surface area contributed by atoms with E-state index in [1.165, 1.54) is 36.0 Å². The number of allylic oxidation sites excluding steroid dienone is 1. The van der Waals surface area contributed by atoms with Gasteiger partial charge in [-0.25, -0.2) is 0 Å². The molecule has 0 atom stereocenters. The third kappa shape index (κ3) is 2.75. The number of benzene rings is 3. The van der Waals surface area contributed by atoms with Crippen LogP contribution in [0.3, 0.4) is 0 Å². The summed E-state index contributed by atoms with van der Waals surface area (Å²) in [6.07, 6.45) is 1.88. The van der Waals surface area contributed by atoms with Gasteiger partial charge >= 0.3 is 220 Å². The molecule has 4 aromatic rings. The predicted molar refractivity (Wildman–Crippen MR) is 150 cm³/mol. The second kappa shape index (κ2) is 7.31. The summed E-state index contributed by atoms with van der Waals surface area (Å²) in [5.74, 6) is 4.64. The minimum absolute atomic E-state index is 0.0299. The molecule has 1 aromatic heterocycles. The first-order valence-corrected chi connectivity index (χ1v) is 18.9. The molecule has 0 amide bonds. The van der Waals surface area contributed by atoms with Gasteiger partial charge in [0.15, 0.2) is 0 Å². The summed E-state index contributed by atoms with van der Waals surface area (Å²) < 4.78 is 5.39. The van der Waals surface area contributed by atoms with Crippen molar-refractivity contribution in [3.05, 3.63) is 105 Å². The van der Waals surface area contributed by atoms with Crippen molar-refractivity contribution >= 4 is 69.9 Å². The Labute approximate surface area is 219 Å². The number of carbonyl (C=O) groups is 2. The van der Waals surface area contributed by atoms with Gasteiger partial charge in [-0.15, -0.1) is 0 Å². The molecule has 0 bridgehead atoms. The molecule has 0 fully saturated rings. The fourth-order valence-corrected chi connectivity index (χ4v) is 13.8. The van der Waals surface area contributed by atoms with Crippen LogP contribution >= 0.6 is 0 Å². The standard InChI is InChI=1S/C31H25NO2Se2/c1-31(2)22-12-9-15-26-27(22)32(24-13-7-8-14-25(24)36(26,3)4)30-23(31)17-18(35-30)16-21-28(33)19-10-5-6-11-20(19)29(21)34/h5-17H,1-4H3. The summed E-state index contributed by atoms with van der Waals surface area (Å²) in [4.78, 5) is 28.7. The van der Waals surface area contributed by atoms with Gasteiger partial charge in [0.1, 0.15) is 0 Å². The van der Waals surface area contributed by atoms with Crippen LogP contribution < -0.4 is 13.8 Å². The van der Waals surface area contributed by atoms with Crippen LogP contribution in [0.25, 0.3) is 6.08 Å². The predicted octanol–water partition coefficient (Wildman–Crippen LogP) is 5.45. The molecule has 178 valence electrons. The van der Waals surface area contributed by atoms with Crippen molar-refractivity contribution in [2.75, 3.05) is 4.90 Å². The van der Waals surface area contributed by atoms with E-state index >= 15 is 0 Å². The van der Waals surface area contributed by atoms with Crippen LogP contribution in [0.1, 0.15) is 50.1 Å².